The Hall–Kier alpha value is -1.39. The van der Waals surface area contributed by atoms with Gasteiger partial charge in [0.2, 0.25) is 0 Å². The maximum Gasteiger partial charge on any atom is 0.131 e. The molecule has 232 valence electrons. The van der Waals surface area contributed by atoms with Gasteiger partial charge in [0.25, 0.3) is 0 Å². The molecule has 3 rings (SSSR count). The van der Waals surface area contributed by atoms with Crippen molar-refractivity contribution in [3.05, 3.63) is 56.5 Å². The summed E-state index contributed by atoms with van der Waals surface area (Å²) < 4.78 is 8.33. The van der Waals surface area contributed by atoms with Gasteiger partial charge in [-0.3, -0.25) is 4.68 Å². The van der Waals surface area contributed by atoms with Crippen molar-refractivity contribution in [2.45, 2.75) is 123 Å². The molecule has 1 aromatic heterocycles. The van der Waals surface area contributed by atoms with Crippen LogP contribution >= 0.6 is 46.4 Å². The zero-order valence-electron chi connectivity index (χ0n) is 25.5. The number of nitrogens with zero attached hydrogens (tertiary/aromatic N) is 2. The molecule has 0 saturated heterocycles. The summed E-state index contributed by atoms with van der Waals surface area (Å²) in [5.41, 5.74) is 3.35. The lowest BCUT2D eigenvalue weighted by atomic mass is 10.1. The smallest absolute Gasteiger partial charge is 0.131 e. The van der Waals surface area contributed by atoms with Gasteiger partial charge in [-0.25, -0.2) is 0 Å². The second-order valence-electron chi connectivity index (χ2n) is 11.3. The molecule has 2 aromatic carbocycles. The second-order valence-corrected chi connectivity index (χ2v) is 13.0. The average Bonchev–Trinajstić information content (AvgIpc) is 3.36. The number of ether oxygens (including phenoxy) is 1. The van der Waals surface area contributed by atoms with Crippen LogP contribution in [-0.2, 0) is 6.54 Å². The third-order valence-corrected chi connectivity index (χ3v) is 8.81. The van der Waals surface area contributed by atoms with E-state index in [1.165, 1.54) is 83.5 Å². The lowest BCUT2D eigenvalue weighted by Crippen LogP contribution is -2.04. The molecule has 7 heteroatoms. The fourth-order valence-electron chi connectivity index (χ4n) is 5.35. The van der Waals surface area contributed by atoms with Gasteiger partial charge in [0, 0.05) is 22.2 Å². The van der Waals surface area contributed by atoms with Crippen molar-refractivity contribution < 1.29 is 4.74 Å². The molecule has 3 aromatic rings. The molecule has 0 unspecified atom stereocenters. The average molecular weight is 655 g/mol. The van der Waals surface area contributed by atoms with Gasteiger partial charge in [-0.1, -0.05) is 150 Å². The van der Waals surface area contributed by atoms with Gasteiger partial charge in [-0.05, 0) is 49.2 Å². The number of aryl methyl sites for hydroxylation is 1. The SMILES string of the molecule is CCCCCCCCCCOc1cc(Cl)cc(Cl)c1-c1cc(-c2ccc(Cl)cc2Cl)n(CCCCCCCCCC)n1. The van der Waals surface area contributed by atoms with Crippen LogP contribution in [0.1, 0.15) is 117 Å². The Labute approximate surface area is 274 Å². The molecule has 0 saturated carbocycles. The first-order chi connectivity index (χ1) is 20.4. The standard InChI is InChI=1S/C35H48Cl4N2O/c1-3-5-7-9-11-13-15-17-21-41-33(29-20-19-27(36)23-30(29)38)26-32(40-41)35-31(39)24-28(37)25-34(35)42-22-18-16-14-12-10-8-6-4-2/h19-20,23-26H,3-18,21-22H2,1-2H3. The molecule has 0 aliphatic rings. The number of halogens is 4. The highest BCUT2D eigenvalue weighted by molar-refractivity contribution is 6.37. The molecule has 3 nitrogen and oxygen atoms in total. The molecular weight excluding hydrogens is 606 g/mol. The maximum absolute atomic E-state index is 6.79. The highest BCUT2D eigenvalue weighted by Gasteiger charge is 2.20. The first kappa shape index (κ1) is 35.1. The van der Waals surface area contributed by atoms with Crippen LogP contribution < -0.4 is 4.74 Å². The van der Waals surface area contributed by atoms with Crippen molar-refractivity contribution in [1.82, 2.24) is 9.78 Å². The molecule has 42 heavy (non-hydrogen) atoms. The third kappa shape index (κ3) is 11.6. The number of hydrogen-bond acceptors (Lipinski definition) is 2. The first-order valence-corrected chi connectivity index (χ1v) is 17.6. The minimum absolute atomic E-state index is 0.527. The fourth-order valence-corrected chi connectivity index (χ4v) is 6.43. The van der Waals surface area contributed by atoms with E-state index in [0.717, 1.165) is 48.3 Å². The van der Waals surface area contributed by atoms with Crippen LogP contribution in [0, 0.1) is 0 Å². The summed E-state index contributed by atoms with van der Waals surface area (Å²) in [6.07, 6.45) is 20.0. The fraction of sp³-hybridized carbons (Fsp3) is 0.571. The summed E-state index contributed by atoms with van der Waals surface area (Å²) in [7, 11) is 0. The van der Waals surface area contributed by atoms with Crippen molar-refractivity contribution in [1.29, 1.82) is 0 Å². The van der Waals surface area contributed by atoms with Gasteiger partial charge in [0.1, 0.15) is 5.75 Å². The molecule has 0 aliphatic heterocycles. The largest absolute Gasteiger partial charge is 0.493 e. The van der Waals surface area contributed by atoms with Crippen LogP contribution in [0.15, 0.2) is 36.4 Å². The zero-order chi connectivity index (χ0) is 30.2. The van der Waals surface area contributed by atoms with Crippen LogP contribution in [0.3, 0.4) is 0 Å². The molecule has 0 atom stereocenters. The van der Waals surface area contributed by atoms with Crippen molar-refractivity contribution >= 4 is 46.4 Å². The van der Waals surface area contributed by atoms with Crippen LogP contribution in [0.4, 0.5) is 0 Å². The molecule has 0 bridgehead atoms. The molecule has 1 heterocycles. The van der Waals surface area contributed by atoms with Crippen LogP contribution in [-0.4, -0.2) is 16.4 Å². The van der Waals surface area contributed by atoms with E-state index in [-0.39, 0.29) is 0 Å². The molecule has 0 amide bonds. The minimum atomic E-state index is 0.527. The van der Waals surface area contributed by atoms with Gasteiger partial charge >= 0.3 is 0 Å². The number of aromatic nitrogens is 2. The molecule has 0 fully saturated rings. The summed E-state index contributed by atoms with van der Waals surface area (Å²) in [6, 6.07) is 11.3. The number of hydrogen-bond donors (Lipinski definition) is 0. The van der Waals surface area contributed by atoms with Crippen molar-refractivity contribution in [2.24, 2.45) is 0 Å². The lowest BCUT2D eigenvalue weighted by molar-refractivity contribution is 0.305. The molecule has 0 spiro atoms. The van der Waals surface area contributed by atoms with E-state index in [2.05, 4.69) is 24.6 Å². The summed E-state index contributed by atoms with van der Waals surface area (Å²) in [5, 5.41) is 7.32. The van der Waals surface area contributed by atoms with Gasteiger partial charge in [0.15, 0.2) is 0 Å². The normalized spacial score (nSPS) is 11.4. The predicted octanol–water partition coefficient (Wildman–Crippen LogP) is 13.5. The Morgan fingerprint density at radius 3 is 1.81 bits per heavy atom. The highest BCUT2D eigenvalue weighted by Crippen LogP contribution is 2.41. The molecular formula is C35H48Cl4N2O. The van der Waals surface area contributed by atoms with Crippen LogP contribution in [0.2, 0.25) is 20.1 Å². The Balaban J connectivity index is 1.74. The van der Waals surface area contributed by atoms with E-state index in [9.17, 15) is 0 Å². The molecule has 0 radical (unpaired) electrons. The van der Waals surface area contributed by atoms with Crippen LogP contribution in [0.5, 0.6) is 5.75 Å². The van der Waals surface area contributed by atoms with E-state index in [0.29, 0.717) is 32.4 Å². The van der Waals surface area contributed by atoms with E-state index < -0.39 is 0 Å². The van der Waals surface area contributed by atoms with Gasteiger partial charge in [0.05, 0.1) is 33.6 Å². The lowest BCUT2D eigenvalue weighted by Gasteiger charge is -2.12. The molecule has 0 aliphatic carbocycles. The zero-order valence-corrected chi connectivity index (χ0v) is 28.5. The van der Waals surface area contributed by atoms with Gasteiger partial charge < -0.3 is 4.74 Å². The van der Waals surface area contributed by atoms with E-state index in [1.54, 1.807) is 12.1 Å². The van der Waals surface area contributed by atoms with Crippen molar-refractivity contribution in [3.63, 3.8) is 0 Å². The van der Waals surface area contributed by atoms with Crippen molar-refractivity contribution in [3.8, 4) is 28.3 Å². The van der Waals surface area contributed by atoms with E-state index >= 15 is 0 Å². The Bertz CT molecular complexity index is 1210. The second kappa shape index (κ2) is 19.8. The van der Waals surface area contributed by atoms with Crippen molar-refractivity contribution in [2.75, 3.05) is 6.61 Å². The summed E-state index contributed by atoms with van der Waals surface area (Å²) >= 11 is 26.1. The Kier molecular flexibility index (Phi) is 16.5. The van der Waals surface area contributed by atoms with Gasteiger partial charge in [-0.2, -0.15) is 5.10 Å². The number of unbranched alkanes of at least 4 members (excludes halogenated alkanes) is 14. The quantitative estimate of drug-likeness (QED) is 0.107. The monoisotopic (exact) mass is 652 g/mol. The topological polar surface area (TPSA) is 27.1 Å². The number of benzene rings is 2. The van der Waals surface area contributed by atoms with E-state index in [4.69, 9.17) is 56.2 Å². The molecule has 0 N–H and O–H groups in total. The van der Waals surface area contributed by atoms with Gasteiger partial charge in [-0.15, -0.1) is 0 Å². The summed E-state index contributed by atoms with van der Waals surface area (Å²) in [6.45, 7) is 5.92. The summed E-state index contributed by atoms with van der Waals surface area (Å²) in [5.74, 6) is 0.668. The maximum atomic E-state index is 6.79. The van der Waals surface area contributed by atoms with E-state index in [1.807, 2.05) is 18.2 Å². The summed E-state index contributed by atoms with van der Waals surface area (Å²) in [4.78, 5) is 0. The van der Waals surface area contributed by atoms with Crippen LogP contribution in [0.25, 0.3) is 22.5 Å². The minimum Gasteiger partial charge on any atom is -0.493 e. The number of rotatable bonds is 21. The predicted molar refractivity (Wildman–Crippen MR) is 184 cm³/mol. The first-order valence-electron chi connectivity index (χ1n) is 16.1. The Morgan fingerprint density at radius 2 is 1.19 bits per heavy atom. The third-order valence-electron chi connectivity index (χ3n) is 7.74. The Morgan fingerprint density at radius 1 is 0.619 bits per heavy atom. The highest BCUT2D eigenvalue weighted by atomic mass is 35.5.